The van der Waals surface area contributed by atoms with Gasteiger partial charge in [0.15, 0.2) is 0 Å². The number of carbonyl (C=O) groups is 1. The molecule has 4 rings (SSSR count). The van der Waals surface area contributed by atoms with Crippen LogP contribution in [0, 0.1) is 0 Å². The molecule has 0 radical (unpaired) electrons. The van der Waals surface area contributed by atoms with E-state index in [0.717, 1.165) is 0 Å². The highest BCUT2D eigenvalue weighted by molar-refractivity contribution is 5.94. The van der Waals surface area contributed by atoms with E-state index in [2.05, 4.69) is 10.3 Å². The normalized spacial score (nSPS) is 19.1. The predicted octanol–water partition coefficient (Wildman–Crippen LogP) is 0.919. The maximum Gasteiger partial charge on any atom is 0.270 e. The molecule has 3 aromatic rings. The van der Waals surface area contributed by atoms with E-state index in [1.54, 1.807) is 42.6 Å². The van der Waals surface area contributed by atoms with Crippen LogP contribution in [0.5, 0.6) is 5.75 Å². The van der Waals surface area contributed by atoms with Crippen LogP contribution in [0.2, 0.25) is 0 Å². The van der Waals surface area contributed by atoms with Gasteiger partial charge in [-0.15, -0.1) is 0 Å². The summed E-state index contributed by atoms with van der Waals surface area (Å²) in [6.07, 6.45) is 1.89. The molecule has 3 heterocycles. The van der Waals surface area contributed by atoms with Crippen LogP contribution < -0.4 is 15.6 Å². The summed E-state index contributed by atoms with van der Waals surface area (Å²) in [5.41, 5.74) is 0.510. The van der Waals surface area contributed by atoms with Crippen LogP contribution in [0.3, 0.4) is 0 Å². The lowest BCUT2D eigenvalue weighted by Crippen LogP contribution is -2.46. The number of hydrogen-bond donors (Lipinski definition) is 2. The summed E-state index contributed by atoms with van der Waals surface area (Å²) in [5, 5.41) is 13.1. The van der Waals surface area contributed by atoms with Crippen molar-refractivity contribution in [2.45, 2.75) is 12.1 Å². The Kier molecular flexibility index (Phi) is 3.70. The van der Waals surface area contributed by atoms with Crippen LogP contribution in [0.25, 0.3) is 5.65 Å². The number of aromatic nitrogens is 2. The van der Waals surface area contributed by atoms with Crippen molar-refractivity contribution in [2.24, 2.45) is 0 Å². The second-order valence-corrected chi connectivity index (χ2v) is 5.78. The zero-order chi connectivity index (χ0) is 17.4. The highest BCUT2D eigenvalue weighted by atomic mass is 16.5. The highest BCUT2D eigenvalue weighted by Crippen LogP contribution is 2.31. The quantitative estimate of drug-likeness (QED) is 0.725. The Hall–Kier alpha value is -3.19. The molecule has 1 amide bonds. The van der Waals surface area contributed by atoms with Crippen molar-refractivity contribution in [2.75, 3.05) is 6.61 Å². The van der Waals surface area contributed by atoms with Crippen LogP contribution in [-0.4, -0.2) is 33.0 Å². The SMILES string of the molecule is O=C(N[C@H]1COc2ccccc2[C@@H]1O)c1cnc2ccccn2c1=O. The number of fused-ring (bicyclic) bond motifs is 2. The van der Waals surface area contributed by atoms with Gasteiger partial charge in [0.05, 0.1) is 6.04 Å². The number of hydrogen-bond acceptors (Lipinski definition) is 5. The second kappa shape index (κ2) is 6.03. The van der Waals surface area contributed by atoms with Crippen LogP contribution in [-0.2, 0) is 0 Å². The summed E-state index contributed by atoms with van der Waals surface area (Å²) < 4.78 is 6.87. The van der Waals surface area contributed by atoms with Gasteiger partial charge >= 0.3 is 0 Å². The van der Waals surface area contributed by atoms with Gasteiger partial charge in [-0.2, -0.15) is 0 Å². The van der Waals surface area contributed by atoms with Crippen LogP contribution in [0.1, 0.15) is 22.0 Å². The van der Waals surface area contributed by atoms with Gasteiger partial charge in [0, 0.05) is 18.0 Å². The van der Waals surface area contributed by atoms with Crippen LogP contribution >= 0.6 is 0 Å². The van der Waals surface area contributed by atoms with Crippen molar-refractivity contribution in [1.82, 2.24) is 14.7 Å². The number of aliphatic hydroxyl groups is 1. The molecule has 0 saturated heterocycles. The van der Waals surface area contributed by atoms with Gasteiger partial charge in [0.2, 0.25) is 0 Å². The molecule has 2 aromatic heterocycles. The molecule has 2 N–H and O–H groups in total. The topological polar surface area (TPSA) is 92.9 Å². The molecule has 0 fully saturated rings. The van der Waals surface area contributed by atoms with Gasteiger partial charge in [0.25, 0.3) is 11.5 Å². The Morgan fingerprint density at radius 2 is 2.04 bits per heavy atom. The smallest absolute Gasteiger partial charge is 0.270 e. The average molecular weight is 337 g/mol. The average Bonchev–Trinajstić information content (AvgIpc) is 2.64. The zero-order valence-electron chi connectivity index (χ0n) is 13.1. The summed E-state index contributed by atoms with van der Waals surface area (Å²) in [5.74, 6) is -0.00396. The first-order valence-corrected chi connectivity index (χ1v) is 7.82. The number of pyridine rings is 1. The second-order valence-electron chi connectivity index (χ2n) is 5.78. The van der Waals surface area contributed by atoms with Gasteiger partial charge < -0.3 is 15.2 Å². The van der Waals surface area contributed by atoms with Crippen molar-refractivity contribution in [1.29, 1.82) is 0 Å². The fraction of sp³-hybridized carbons (Fsp3) is 0.167. The van der Waals surface area contributed by atoms with Crippen molar-refractivity contribution < 1.29 is 14.6 Å². The minimum absolute atomic E-state index is 0.0882. The molecule has 1 aromatic carbocycles. The monoisotopic (exact) mass is 337 g/mol. The fourth-order valence-electron chi connectivity index (χ4n) is 2.89. The maximum atomic E-state index is 12.5. The van der Waals surface area contributed by atoms with Crippen molar-refractivity contribution in [3.8, 4) is 5.75 Å². The highest BCUT2D eigenvalue weighted by Gasteiger charge is 2.31. The van der Waals surface area contributed by atoms with Gasteiger partial charge in [-0.05, 0) is 18.2 Å². The largest absolute Gasteiger partial charge is 0.491 e. The minimum atomic E-state index is -0.912. The van der Waals surface area contributed by atoms with E-state index in [-0.39, 0.29) is 12.2 Å². The molecule has 25 heavy (non-hydrogen) atoms. The predicted molar refractivity (Wildman–Crippen MR) is 89.6 cm³/mol. The van der Waals surface area contributed by atoms with Crippen molar-refractivity contribution in [3.63, 3.8) is 0 Å². The van der Waals surface area contributed by atoms with Crippen molar-refractivity contribution >= 4 is 11.6 Å². The van der Waals surface area contributed by atoms with E-state index < -0.39 is 23.6 Å². The Balaban J connectivity index is 1.61. The molecule has 1 aliphatic heterocycles. The summed E-state index contributed by atoms with van der Waals surface area (Å²) in [6, 6.07) is 11.6. The number of nitrogens with one attached hydrogen (secondary N) is 1. The molecule has 0 saturated carbocycles. The van der Waals surface area contributed by atoms with Crippen LogP contribution in [0.15, 0.2) is 59.7 Å². The molecule has 0 bridgehead atoms. The molecular weight excluding hydrogens is 322 g/mol. The standard InChI is InChI=1S/C18H15N3O4/c22-16-11-5-1-2-6-14(11)25-10-13(16)20-17(23)12-9-19-15-7-3-4-8-21(15)18(12)24/h1-9,13,16,22H,10H2,(H,20,23)/t13-,16-/m0/s1. The third-order valence-corrected chi connectivity index (χ3v) is 4.21. The van der Waals surface area contributed by atoms with Gasteiger partial charge in [-0.1, -0.05) is 24.3 Å². The summed E-state index contributed by atoms with van der Waals surface area (Å²) >= 11 is 0. The number of nitrogens with zero attached hydrogens (tertiary/aromatic N) is 2. The van der Waals surface area contributed by atoms with Crippen LogP contribution in [0.4, 0.5) is 0 Å². The van der Waals surface area contributed by atoms with Gasteiger partial charge in [0.1, 0.15) is 29.7 Å². The molecule has 7 heteroatoms. The molecular formula is C18H15N3O4. The first-order chi connectivity index (χ1) is 12.1. The van der Waals surface area contributed by atoms with E-state index in [0.29, 0.717) is 17.0 Å². The fourth-order valence-corrected chi connectivity index (χ4v) is 2.89. The lowest BCUT2D eigenvalue weighted by Gasteiger charge is -2.30. The number of benzene rings is 1. The minimum Gasteiger partial charge on any atom is -0.491 e. The third-order valence-electron chi connectivity index (χ3n) is 4.21. The molecule has 0 aliphatic carbocycles. The lowest BCUT2D eigenvalue weighted by atomic mass is 9.99. The Labute approximate surface area is 142 Å². The van der Waals surface area contributed by atoms with Gasteiger partial charge in [-0.25, -0.2) is 4.98 Å². The number of amides is 1. The number of ether oxygens (including phenoxy) is 1. The van der Waals surface area contributed by atoms with Gasteiger partial charge in [-0.3, -0.25) is 14.0 Å². The number of carbonyl (C=O) groups excluding carboxylic acids is 1. The molecule has 1 aliphatic rings. The third kappa shape index (κ3) is 2.64. The molecule has 126 valence electrons. The molecule has 0 spiro atoms. The van der Waals surface area contributed by atoms with E-state index in [1.165, 1.54) is 10.6 Å². The first kappa shape index (κ1) is 15.3. The number of rotatable bonds is 2. The lowest BCUT2D eigenvalue weighted by molar-refractivity contribution is 0.0615. The van der Waals surface area contributed by atoms with E-state index in [4.69, 9.17) is 4.74 Å². The Morgan fingerprint density at radius 1 is 1.24 bits per heavy atom. The Morgan fingerprint density at radius 3 is 2.92 bits per heavy atom. The first-order valence-electron chi connectivity index (χ1n) is 7.82. The van der Waals surface area contributed by atoms with E-state index >= 15 is 0 Å². The summed E-state index contributed by atoms with van der Waals surface area (Å²) in [6.45, 7) is 0.117. The number of para-hydroxylation sites is 1. The maximum absolute atomic E-state index is 12.5. The molecule has 7 nitrogen and oxygen atoms in total. The molecule has 0 unspecified atom stereocenters. The summed E-state index contributed by atoms with van der Waals surface area (Å²) in [7, 11) is 0. The zero-order valence-corrected chi connectivity index (χ0v) is 13.1. The Bertz CT molecular complexity index is 1010. The van der Waals surface area contributed by atoms with E-state index in [9.17, 15) is 14.7 Å². The molecule has 2 atom stereocenters. The van der Waals surface area contributed by atoms with Crippen molar-refractivity contribution in [3.05, 3.63) is 76.3 Å². The number of aliphatic hydroxyl groups excluding tert-OH is 1. The van der Waals surface area contributed by atoms with E-state index in [1.807, 2.05) is 6.07 Å². The summed E-state index contributed by atoms with van der Waals surface area (Å²) in [4.78, 5) is 29.1.